The van der Waals surface area contributed by atoms with Gasteiger partial charge in [0.1, 0.15) is 11.6 Å². The second-order valence-corrected chi connectivity index (χ2v) is 9.52. The minimum Gasteiger partial charge on any atom is -0.301 e. The van der Waals surface area contributed by atoms with Crippen molar-refractivity contribution in [3.63, 3.8) is 0 Å². The molecule has 4 heteroatoms. The predicted molar refractivity (Wildman–Crippen MR) is 125 cm³/mol. The van der Waals surface area contributed by atoms with E-state index in [1.54, 1.807) is 0 Å². The quantitative estimate of drug-likeness (QED) is 0.437. The van der Waals surface area contributed by atoms with Gasteiger partial charge in [0, 0.05) is 24.7 Å². The number of hydrogen-bond acceptors (Lipinski definition) is 2. The molecule has 0 saturated carbocycles. The standard InChI is InChI=1S/C27H38F2N2/c1-20(2)18-31(17-9-12-23-24(28)13-8-14-25(23)29)26(19-30-15-5-6-16-30)27-21(3)10-7-11-22(27)4/h7-8,10-11,13-14,20,26H,5-6,9,12,15-19H2,1-4H3. The molecule has 3 rings (SSSR count). The summed E-state index contributed by atoms with van der Waals surface area (Å²) in [5, 5.41) is 0. The molecular weight excluding hydrogens is 390 g/mol. The highest BCUT2D eigenvalue weighted by atomic mass is 19.1. The third-order valence-electron chi connectivity index (χ3n) is 6.48. The second-order valence-electron chi connectivity index (χ2n) is 9.52. The van der Waals surface area contributed by atoms with E-state index < -0.39 is 11.6 Å². The van der Waals surface area contributed by atoms with E-state index in [4.69, 9.17) is 0 Å². The van der Waals surface area contributed by atoms with Gasteiger partial charge in [0.2, 0.25) is 0 Å². The van der Waals surface area contributed by atoms with Crippen LogP contribution in [0.5, 0.6) is 0 Å². The number of aryl methyl sites for hydroxylation is 2. The second kappa shape index (κ2) is 11.2. The van der Waals surface area contributed by atoms with E-state index in [0.717, 1.165) is 39.1 Å². The van der Waals surface area contributed by atoms with E-state index in [9.17, 15) is 8.78 Å². The molecule has 2 aromatic rings. The van der Waals surface area contributed by atoms with Gasteiger partial charge in [0.15, 0.2) is 0 Å². The lowest BCUT2D eigenvalue weighted by molar-refractivity contribution is 0.133. The number of likely N-dealkylation sites (tertiary alicyclic amines) is 1. The first-order valence-corrected chi connectivity index (χ1v) is 11.8. The average Bonchev–Trinajstić information content (AvgIpc) is 3.21. The number of rotatable bonds is 10. The van der Waals surface area contributed by atoms with Crippen molar-refractivity contribution in [2.45, 2.75) is 59.4 Å². The normalized spacial score (nSPS) is 15.9. The molecule has 1 aliphatic heterocycles. The average molecular weight is 429 g/mol. The van der Waals surface area contributed by atoms with E-state index >= 15 is 0 Å². The summed E-state index contributed by atoms with van der Waals surface area (Å²) < 4.78 is 28.2. The van der Waals surface area contributed by atoms with E-state index in [2.05, 4.69) is 55.7 Å². The van der Waals surface area contributed by atoms with Gasteiger partial charge in [-0.25, -0.2) is 8.78 Å². The van der Waals surface area contributed by atoms with Gasteiger partial charge in [-0.15, -0.1) is 0 Å². The molecule has 0 aliphatic carbocycles. The Morgan fingerprint density at radius 1 is 0.935 bits per heavy atom. The number of hydrogen-bond donors (Lipinski definition) is 0. The Balaban J connectivity index is 1.83. The summed E-state index contributed by atoms with van der Waals surface area (Å²) >= 11 is 0. The smallest absolute Gasteiger partial charge is 0.129 e. The van der Waals surface area contributed by atoms with Crippen LogP contribution in [0.3, 0.4) is 0 Å². The fourth-order valence-corrected chi connectivity index (χ4v) is 5.03. The summed E-state index contributed by atoms with van der Waals surface area (Å²) in [6.07, 6.45) is 3.72. The van der Waals surface area contributed by atoms with Crippen LogP contribution in [0.1, 0.15) is 61.4 Å². The highest BCUT2D eigenvalue weighted by molar-refractivity contribution is 5.36. The Hall–Kier alpha value is -1.78. The van der Waals surface area contributed by atoms with Gasteiger partial charge in [-0.3, -0.25) is 4.90 Å². The highest BCUT2D eigenvalue weighted by Crippen LogP contribution is 2.30. The Bertz CT molecular complexity index is 803. The predicted octanol–water partition coefficient (Wildman–Crippen LogP) is 6.31. The molecule has 170 valence electrons. The monoisotopic (exact) mass is 428 g/mol. The summed E-state index contributed by atoms with van der Waals surface area (Å²) in [4.78, 5) is 5.15. The lowest BCUT2D eigenvalue weighted by atomic mass is 9.93. The van der Waals surface area contributed by atoms with E-state index in [-0.39, 0.29) is 5.56 Å². The largest absolute Gasteiger partial charge is 0.301 e. The fourth-order valence-electron chi connectivity index (χ4n) is 5.03. The zero-order chi connectivity index (χ0) is 22.4. The van der Waals surface area contributed by atoms with Gasteiger partial charge < -0.3 is 4.90 Å². The van der Waals surface area contributed by atoms with E-state index in [0.29, 0.717) is 18.4 Å². The molecule has 2 nitrogen and oxygen atoms in total. The van der Waals surface area contributed by atoms with Crippen molar-refractivity contribution in [1.29, 1.82) is 0 Å². The maximum absolute atomic E-state index is 14.1. The molecule has 0 amide bonds. The van der Waals surface area contributed by atoms with Crippen molar-refractivity contribution in [3.8, 4) is 0 Å². The van der Waals surface area contributed by atoms with Gasteiger partial charge in [0.05, 0.1) is 0 Å². The number of nitrogens with zero attached hydrogens (tertiary/aromatic N) is 2. The van der Waals surface area contributed by atoms with Crippen LogP contribution in [-0.2, 0) is 6.42 Å². The Morgan fingerprint density at radius 2 is 1.52 bits per heavy atom. The van der Waals surface area contributed by atoms with Crippen molar-refractivity contribution in [2.75, 3.05) is 32.7 Å². The third kappa shape index (κ3) is 6.36. The summed E-state index contributed by atoms with van der Waals surface area (Å²) in [5.74, 6) is -0.340. The zero-order valence-electron chi connectivity index (χ0n) is 19.6. The Labute approximate surface area is 187 Å². The van der Waals surface area contributed by atoms with E-state index in [1.807, 2.05) is 0 Å². The van der Waals surface area contributed by atoms with Gasteiger partial charge in [-0.05, 0) is 93.9 Å². The first kappa shape index (κ1) is 23.9. The van der Waals surface area contributed by atoms with Gasteiger partial charge in [-0.1, -0.05) is 38.1 Å². The number of halogens is 2. The maximum Gasteiger partial charge on any atom is 0.129 e. The molecule has 0 radical (unpaired) electrons. The van der Waals surface area contributed by atoms with Crippen LogP contribution in [0.25, 0.3) is 0 Å². The Kier molecular flexibility index (Phi) is 8.62. The van der Waals surface area contributed by atoms with Crippen LogP contribution in [0, 0.1) is 31.4 Å². The lowest BCUT2D eigenvalue weighted by Crippen LogP contribution is -2.40. The molecule has 1 aliphatic rings. The molecular formula is C27H38F2N2. The van der Waals surface area contributed by atoms with Crippen LogP contribution < -0.4 is 0 Å². The maximum atomic E-state index is 14.1. The molecule has 1 saturated heterocycles. The highest BCUT2D eigenvalue weighted by Gasteiger charge is 2.27. The molecule has 0 spiro atoms. The van der Waals surface area contributed by atoms with Gasteiger partial charge >= 0.3 is 0 Å². The summed E-state index contributed by atoms with van der Waals surface area (Å²) in [5.41, 5.74) is 4.30. The molecule has 0 N–H and O–H groups in total. The van der Waals surface area contributed by atoms with Crippen LogP contribution in [0.15, 0.2) is 36.4 Å². The van der Waals surface area contributed by atoms with Gasteiger partial charge in [-0.2, -0.15) is 0 Å². The molecule has 1 fully saturated rings. The summed E-state index contributed by atoms with van der Waals surface area (Å²) in [7, 11) is 0. The molecule has 31 heavy (non-hydrogen) atoms. The molecule has 0 aromatic heterocycles. The molecule has 2 aromatic carbocycles. The minimum atomic E-state index is -0.432. The molecule has 1 unspecified atom stereocenters. The number of benzene rings is 2. The lowest BCUT2D eigenvalue weighted by Gasteiger charge is -2.37. The van der Waals surface area contributed by atoms with Crippen LogP contribution in [0.4, 0.5) is 8.78 Å². The van der Waals surface area contributed by atoms with Crippen LogP contribution in [-0.4, -0.2) is 42.5 Å². The minimum absolute atomic E-state index is 0.218. The van der Waals surface area contributed by atoms with Crippen molar-refractivity contribution in [1.82, 2.24) is 9.80 Å². The van der Waals surface area contributed by atoms with Gasteiger partial charge in [0.25, 0.3) is 0 Å². The van der Waals surface area contributed by atoms with Crippen LogP contribution in [0.2, 0.25) is 0 Å². The fraction of sp³-hybridized carbons (Fsp3) is 0.556. The molecule has 0 bridgehead atoms. The van der Waals surface area contributed by atoms with Crippen molar-refractivity contribution < 1.29 is 8.78 Å². The van der Waals surface area contributed by atoms with Crippen molar-refractivity contribution in [2.24, 2.45) is 5.92 Å². The molecule has 1 atom stereocenters. The first-order valence-electron chi connectivity index (χ1n) is 11.8. The topological polar surface area (TPSA) is 6.48 Å². The van der Waals surface area contributed by atoms with Crippen LogP contribution >= 0.6 is 0 Å². The third-order valence-corrected chi connectivity index (χ3v) is 6.48. The zero-order valence-corrected chi connectivity index (χ0v) is 19.6. The van der Waals surface area contributed by atoms with E-state index in [1.165, 1.54) is 47.7 Å². The SMILES string of the molecule is Cc1cccc(C)c1C(CN1CCCC1)N(CCCc1c(F)cccc1F)CC(C)C. The first-order chi connectivity index (χ1) is 14.9. The summed E-state index contributed by atoms with van der Waals surface area (Å²) in [6, 6.07) is 11.0. The van der Waals surface area contributed by atoms with Crippen molar-refractivity contribution in [3.05, 3.63) is 70.3 Å². The summed E-state index contributed by atoms with van der Waals surface area (Å²) in [6.45, 7) is 14.1. The van der Waals surface area contributed by atoms with Crippen molar-refractivity contribution >= 4 is 0 Å². The molecule has 1 heterocycles. The Morgan fingerprint density at radius 3 is 2.10 bits per heavy atom.